The molecule has 2 rings (SSSR count). The molecule has 1 amide bonds. The van der Waals surface area contributed by atoms with Crippen molar-refractivity contribution in [3.05, 3.63) is 28.2 Å². The molecule has 1 fully saturated rings. The molecule has 9 heteroatoms. The Morgan fingerprint density at radius 3 is 2.20 bits per heavy atom. The molecule has 0 aromatic heterocycles. The second kappa shape index (κ2) is 7.70. The number of nitrogens with zero attached hydrogens (tertiary/aromatic N) is 1. The molecular formula is C16H22Cl2N2O4S. The fraction of sp³-hybridized carbons (Fsp3) is 0.562. The molecule has 0 saturated carbocycles. The van der Waals surface area contributed by atoms with Crippen LogP contribution in [-0.2, 0) is 14.8 Å². The summed E-state index contributed by atoms with van der Waals surface area (Å²) in [5.74, 6) is 0. The van der Waals surface area contributed by atoms with Gasteiger partial charge in [-0.05, 0) is 45.7 Å². The Kier molecular flexibility index (Phi) is 6.25. The summed E-state index contributed by atoms with van der Waals surface area (Å²) < 4.78 is 33.1. The van der Waals surface area contributed by atoms with Gasteiger partial charge in [0.2, 0.25) is 10.0 Å². The van der Waals surface area contributed by atoms with Gasteiger partial charge in [-0.3, -0.25) is 0 Å². The number of sulfonamides is 1. The summed E-state index contributed by atoms with van der Waals surface area (Å²) >= 11 is 12.0. The molecule has 6 nitrogen and oxygen atoms in total. The SMILES string of the molecule is CC(C)(C)OC(=O)N1CCC(NS(=O)(=O)c2c(Cl)cccc2Cl)CC1. The van der Waals surface area contributed by atoms with E-state index in [9.17, 15) is 13.2 Å². The Bertz CT molecular complexity index is 719. The minimum Gasteiger partial charge on any atom is -0.444 e. The van der Waals surface area contributed by atoms with Crippen LogP contribution in [0.25, 0.3) is 0 Å². The minimum atomic E-state index is -3.84. The minimum absolute atomic E-state index is 0.0752. The van der Waals surface area contributed by atoms with Crippen LogP contribution in [0.2, 0.25) is 10.0 Å². The van der Waals surface area contributed by atoms with Gasteiger partial charge in [-0.2, -0.15) is 0 Å². The van der Waals surface area contributed by atoms with Crippen LogP contribution in [-0.4, -0.2) is 44.1 Å². The van der Waals surface area contributed by atoms with Gasteiger partial charge in [0.1, 0.15) is 10.5 Å². The lowest BCUT2D eigenvalue weighted by Gasteiger charge is -2.33. The zero-order valence-corrected chi connectivity index (χ0v) is 16.7. The third-order valence-electron chi connectivity index (χ3n) is 3.66. The van der Waals surface area contributed by atoms with Crippen molar-refractivity contribution in [2.24, 2.45) is 0 Å². The number of likely N-dealkylation sites (tertiary alicyclic amines) is 1. The van der Waals surface area contributed by atoms with E-state index in [-0.39, 0.29) is 27.1 Å². The number of piperidine rings is 1. The van der Waals surface area contributed by atoms with Gasteiger partial charge in [-0.25, -0.2) is 17.9 Å². The van der Waals surface area contributed by atoms with E-state index < -0.39 is 15.6 Å². The molecule has 1 aromatic carbocycles. The predicted molar refractivity (Wildman–Crippen MR) is 97.6 cm³/mol. The summed E-state index contributed by atoms with van der Waals surface area (Å²) in [5.41, 5.74) is -0.559. The van der Waals surface area contributed by atoms with Crippen LogP contribution in [0, 0.1) is 0 Å². The van der Waals surface area contributed by atoms with Crippen molar-refractivity contribution >= 4 is 39.3 Å². The van der Waals surface area contributed by atoms with Crippen molar-refractivity contribution in [2.45, 2.75) is 50.2 Å². The molecule has 0 unspecified atom stereocenters. The number of hydrogen-bond acceptors (Lipinski definition) is 4. The van der Waals surface area contributed by atoms with Crippen LogP contribution in [0.5, 0.6) is 0 Å². The molecule has 1 aromatic rings. The Morgan fingerprint density at radius 2 is 1.72 bits per heavy atom. The van der Waals surface area contributed by atoms with Crippen LogP contribution >= 0.6 is 23.2 Å². The first-order chi connectivity index (χ1) is 11.5. The van der Waals surface area contributed by atoms with Gasteiger partial charge >= 0.3 is 6.09 Å². The van der Waals surface area contributed by atoms with Gasteiger partial charge in [-0.15, -0.1) is 0 Å². The number of carbonyl (C=O) groups is 1. The van der Waals surface area contributed by atoms with Crippen molar-refractivity contribution in [1.82, 2.24) is 9.62 Å². The molecular weight excluding hydrogens is 387 g/mol. The Balaban J connectivity index is 1.99. The summed E-state index contributed by atoms with van der Waals surface area (Å²) in [7, 11) is -3.84. The maximum atomic E-state index is 12.6. The lowest BCUT2D eigenvalue weighted by Crippen LogP contribution is -2.47. The molecule has 0 spiro atoms. The van der Waals surface area contributed by atoms with Crippen LogP contribution < -0.4 is 4.72 Å². The van der Waals surface area contributed by atoms with Crippen molar-refractivity contribution < 1.29 is 17.9 Å². The first kappa shape index (κ1) is 20.3. The Morgan fingerprint density at radius 1 is 1.20 bits per heavy atom. The summed E-state index contributed by atoms with van der Waals surface area (Å²) in [5, 5.41) is 0.150. The van der Waals surface area contributed by atoms with E-state index in [0.717, 1.165) is 0 Å². The van der Waals surface area contributed by atoms with Crippen molar-refractivity contribution in [2.75, 3.05) is 13.1 Å². The van der Waals surface area contributed by atoms with Gasteiger partial charge in [-0.1, -0.05) is 29.3 Å². The van der Waals surface area contributed by atoms with Gasteiger partial charge in [0, 0.05) is 19.1 Å². The molecule has 0 atom stereocenters. The van der Waals surface area contributed by atoms with Gasteiger partial charge in [0.05, 0.1) is 10.0 Å². The third kappa shape index (κ3) is 5.48. The molecule has 25 heavy (non-hydrogen) atoms. The van der Waals surface area contributed by atoms with E-state index in [1.54, 1.807) is 31.7 Å². The van der Waals surface area contributed by atoms with E-state index in [4.69, 9.17) is 27.9 Å². The highest BCUT2D eigenvalue weighted by molar-refractivity contribution is 7.89. The smallest absolute Gasteiger partial charge is 0.410 e. The lowest BCUT2D eigenvalue weighted by atomic mass is 10.1. The Hall–Kier alpha value is -1.02. The zero-order valence-electron chi connectivity index (χ0n) is 14.4. The molecule has 1 aliphatic rings. The van der Waals surface area contributed by atoms with Gasteiger partial charge in [0.15, 0.2) is 0 Å². The number of ether oxygens (including phenoxy) is 1. The lowest BCUT2D eigenvalue weighted by molar-refractivity contribution is 0.0204. The molecule has 1 N–H and O–H groups in total. The van der Waals surface area contributed by atoms with E-state index in [1.807, 2.05) is 0 Å². The van der Waals surface area contributed by atoms with Gasteiger partial charge in [0.25, 0.3) is 0 Å². The highest BCUT2D eigenvalue weighted by Crippen LogP contribution is 2.29. The second-order valence-corrected chi connectivity index (χ2v) is 9.38. The Labute approximate surface area is 158 Å². The molecule has 0 radical (unpaired) electrons. The van der Waals surface area contributed by atoms with Crippen molar-refractivity contribution in [3.8, 4) is 0 Å². The highest BCUT2D eigenvalue weighted by atomic mass is 35.5. The third-order valence-corrected chi connectivity index (χ3v) is 6.13. The number of hydrogen-bond donors (Lipinski definition) is 1. The number of benzene rings is 1. The van der Waals surface area contributed by atoms with Crippen LogP contribution in [0.15, 0.2) is 23.1 Å². The van der Waals surface area contributed by atoms with Crippen LogP contribution in [0.4, 0.5) is 4.79 Å². The van der Waals surface area contributed by atoms with Crippen molar-refractivity contribution in [1.29, 1.82) is 0 Å². The highest BCUT2D eigenvalue weighted by Gasteiger charge is 2.30. The normalized spacial score (nSPS) is 16.8. The predicted octanol–water partition coefficient (Wildman–Crippen LogP) is 3.67. The molecule has 140 valence electrons. The quantitative estimate of drug-likeness (QED) is 0.827. The number of nitrogens with one attached hydrogen (secondary N) is 1. The fourth-order valence-corrected chi connectivity index (χ4v) is 4.97. The number of halogens is 2. The number of amides is 1. The van der Waals surface area contributed by atoms with Crippen LogP contribution in [0.3, 0.4) is 0 Å². The zero-order chi connectivity index (χ0) is 18.8. The van der Waals surface area contributed by atoms with E-state index in [0.29, 0.717) is 25.9 Å². The molecule has 1 heterocycles. The largest absolute Gasteiger partial charge is 0.444 e. The fourth-order valence-electron chi connectivity index (χ4n) is 2.52. The monoisotopic (exact) mass is 408 g/mol. The second-order valence-electron chi connectivity index (χ2n) is 6.91. The van der Waals surface area contributed by atoms with Gasteiger partial charge < -0.3 is 9.64 Å². The maximum Gasteiger partial charge on any atom is 0.410 e. The molecule has 0 bridgehead atoms. The summed E-state index contributed by atoms with van der Waals surface area (Å²) in [6.07, 6.45) is 0.587. The summed E-state index contributed by atoms with van der Waals surface area (Å²) in [4.78, 5) is 13.5. The van der Waals surface area contributed by atoms with E-state index in [2.05, 4.69) is 4.72 Å². The van der Waals surface area contributed by atoms with E-state index >= 15 is 0 Å². The first-order valence-corrected chi connectivity index (χ1v) is 10.2. The standard InChI is InChI=1S/C16H22Cl2N2O4S/c1-16(2,3)24-15(21)20-9-7-11(8-10-20)19-25(22,23)14-12(17)5-4-6-13(14)18/h4-6,11,19H,7-10H2,1-3H3. The summed E-state index contributed by atoms with van der Waals surface area (Å²) in [6, 6.07) is 4.25. The average molecular weight is 409 g/mol. The summed E-state index contributed by atoms with van der Waals surface area (Å²) in [6.45, 7) is 6.24. The maximum absolute atomic E-state index is 12.6. The molecule has 1 saturated heterocycles. The van der Waals surface area contributed by atoms with E-state index in [1.165, 1.54) is 12.1 Å². The van der Waals surface area contributed by atoms with Crippen molar-refractivity contribution in [3.63, 3.8) is 0 Å². The molecule has 0 aliphatic carbocycles. The van der Waals surface area contributed by atoms with Crippen LogP contribution in [0.1, 0.15) is 33.6 Å². The number of carbonyl (C=O) groups excluding carboxylic acids is 1. The number of rotatable bonds is 3. The average Bonchev–Trinajstić information content (AvgIpc) is 2.45. The first-order valence-electron chi connectivity index (χ1n) is 7.94. The molecule has 1 aliphatic heterocycles. The topological polar surface area (TPSA) is 75.7 Å².